The zero-order valence-corrected chi connectivity index (χ0v) is 11.3. The Balaban J connectivity index is 0.00000200. The number of morpholine rings is 1. The molecule has 6 nitrogen and oxygen atoms in total. The molecule has 1 amide bonds. The van der Waals surface area contributed by atoms with Crippen LogP contribution in [0.3, 0.4) is 0 Å². The van der Waals surface area contributed by atoms with Gasteiger partial charge in [0, 0.05) is 27.6 Å². The Hall–Kier alpha value is -1.53. The molecule has 106 valence electrons. The summed E-state index contributed by atoms with van der Waals surface area (Å²) in [5.41, 5.74) is 1.27. The van der Waals surface area contributed by atoms with Crippen molar-refractivity contribution in [3.8, 4) is 0 Å². The van der Waals surface area contributed by atoms with Gasteiger partial charge < -0.3 is 10.1 Å². The van der Waals surface area contributed by atoms with Crippen LogP contribution in [0.4, 0.5) is 0 Å². The summed E-state index contributed by atoms with van der Waals surface area (Å²) in [6.45, 7) is 6.88. The fraction of sp³-hybridized carbons (Fsp3) is 0.615. The Morgan fingerprint density at radius 2 is 2.21 bits per heavy atom. The van der Waals surface area contributed by atoms with Crippen LogP contribution in [0.15, 0.2) is 12.1 Å². The molecule has 0 atom stereocenters. The van der Waals surface area contributed by atoms with Gasteiger partial charge in [0.1, 0.15) is 0 Å². The van der Waals surface area contributed by atoms with Gasteiger partial charge in [-0.25, -0.2) is 0 Å². The second kappa shape index (κ2) is 7.16. The normalized spacial score (nSPS) is 16.3. The fourth-order valence-corrected chi connectivity index (χ4v) is 1.91. The Kier molecular flexibility index (Phi) is 5.23. The Morgan fingerprint density at radius 1 is 1.42 bits per heavy atom. The summed E-state index contributed by atoms with van der Waals surface area (Å²) in [7, 11) is 0. The maximum atomic E-state index is 11.8. The summed E-state index contributed by atoms with van der Waals surface area (Å²) in [6.07, 6.45) is 0.825. The minimum Gasteiger partial charge on any atom is -0.379 e. The first-order chi connectivity index (χ1) is 9.29. The predicted octanol–water partition coefficient (Wildman–Crippen LogP) is 0.347. The van der Waals surface area contributed by atoms with Gasteiger partial charge in [0.05, 0.1) is 18.9 Å². The smallest absolute Gasteiger partial charge is 0.271 e. The molecule has 19 heavy (non-hydrogen) atoms. The van der Waals surface area contributed by atoms with E-state index in [1.54, 1.807) is 6.07 Å². The van der Waals surface area contributed by atoms with Gasteiger partial charge in [0.25, 0.3) is 5.91 Å². The van der Waals surface area contributed by atoms with E-state index in [1.807, 2.05) is 13.0 Å². The van der Waals surface area contributed by atoms with E-state index < -0.39 is 0 Å². The van der Waals surface area contributed by atoms with Crippen molar-refractivity contribution in [2.45, 2.75) is 13.3 Å². The SMILES string of the molecule is CCc1ccc(C(=O)NCCN2CCOCC2)nn1.[HH]. The van der Waals surface area contributed by atoms with E-state index in [2.05, 4.69) is 20.4 Å². The van der Waals surface area contributed by atoms with Gasteiger partial charge in [-0.2, -0.15) is 5.10 Å². The number of nitrogens with zero attached hydrogens (tertiary/aromatic N) is 3. The third-order valence-corrected chi connectivity index (χ3v) is 3.13. The standard InChI is InChI=1S/C13H20N4O2.H2/c1-2-11-3-4-12(16-15-11)13(18)14-5-6-17-7-9-19-10-8-17;/h3-4H,2,5-10H2,1H3,(H,14,18);1H. The van der Waals surface area contributed by atoms with Crippen LogP contribution in [-0.4, -0.2) is 60.4 Å². The summed E-state index contributed by atoms with van der Waals surface area (Å²) in [6, 6.07) is 3.56. The molecule has 6 heteroatoms. The molecule has 0 aromatic carbocycles. The number of carbonyl (C=O) groups excluding carboxylic acids is 1. The third-order valence-electron chi connectivity index (χ3n) is 3.13. The molecule has 0 spiro atoms. The van der Waals surface area contributed by atoms with Crippen molar-refractivity contribution in [1.82, 2.24) is 20.4 Å². The van der Waals surface area contributed by atoms with Crippen molar-refractivity contribution in [3.63, 3.8) is 0 Å². The predicted molar refractivity (Wildman–Crippen MR) is 73.1 cm³/mol. The quantitative estimate of drug-likeness (QED) is 0.833. The monoisotopic (exact) mass is 266 g/mol. The topological polar surface area (TPSA) is 67.4 Å². The average Bonchev–Trinajstić information content (AvgIpc) is 2.48. The number of carbonyl (C=O) groups is 1. The van der Waals surface area contributed by atoms with E-state index in [0.29, 0.717) is 12.2 Å². The van der Waals surface area contributed by atoms with Crippen LogP contribution in [0, 0.1) is 0 Å². The van der Waals surface area contributed by atoms with Gasteiger partial charge in [0.15, 0.2) is 5.69 Å². The van der Waals surface area contributed by atoms with Crippen LogP contribution in [0.2, 0.25) is 0 Å². The van der Waals surface area contributed by atoms with E-state index in [1.165, 1.54) is 0 Å². The number of nitrogens with one attached hydrogen (secondary N) is 1. The lowest BCUT2D eigenvalue weighted by atomic mass is 10.3. The molecule has 0 radical (unpaired) electrons. The Bertz CT molecular complexity index is 407. The van der Waals surface area contributed by atoms with Gasteiger partial charge in [0.2, 0.25) is 0 Å². The van der Waals surface area contributed by atoms with E-state index in [0.717, 1.165) is 45.0 Å². The molecule has 1 saturated heterocycles. The first-order valence-electron chi connectivity index (χ1n) is 6.70. The fourth-order valence-electron chi connectivity index (χ4n) is 1.91. The van der Waals surface area contributed by atoms with Gasteiger partial charge in [-0.15, -0.1) is 5.10 Å². The molecule has 1 N–H and O–H groups in total. The Labute approximate surface area is 114 Å². The molecule has 0 aliphatic carbocycles. The molecule has 1 fully saturated rings. The van der Waals surface area contributed by atoms with Crippen LogP contribution in [0.5, 0.6) is 0 Å². The van der Waals surface area contributed by atoms with Crippen LogP contribution in [0.25, 0.3) is 0 Å². The van der Waals surface area contributed by atoms with Crippen molar-refractivity contribution in [1.29, 1.82) is 0 Å². The summed E-state index contributed by atoms with van der Waals surface area (Å²) >= 11 is 0. The lowest BCUT2D eigenvalue weighted by Gasteiger charge is -2.26. The van der Waals surface area contributed by atoms with E-state index >= 15 is 0 Å². The number of aryl methyl sites for hydroxylation is 1. The highest BCUT2D eigenvalue weighted by Crippen LogP contribution is 1.98. The molecular weight excluding hydrogens is 244 g/mol. The van der Waals surface area contributed by atoms with Gasteiger partial charge in [-0.3, -0.25) is 9.69 Å². The third kappa shape index (κ3) is 4.25. The van der Waals surface area contributed by atoms with E-state index in [4.69, 9.17) is 4.74 Å². The Morgan fingerprint density at radius 3 is 2.84 bits per heavy atom. The lowest BCUT2D eigenvalue weighted by molar-refractivity contribution is 0.0383. The van der Waals surface area contributed by atoms with Crippen molar-refractivity contribution >= 4 is 5.91 Å². The van der Waals surface area contributed by atoms with Gasteiger partial charge >= 0.3 is 0 Å². The number of hydrogen-bond acceptors (Lipinski definition) is 5. The van der Waals surface area contributed by atoms with Gasteiger partial charge in [-0.05, 0) is 18.6 Å². The minimum atomic E-state index is -0.164. The summed E-state index contributed by atoms with van der Waals surface area (Å²) in [5, 5.41) is 10.8. The second-order valence-corrected chi connectivity index (χ2v) is 4.47. The molecule has 2 heterocycles. The second-order valence-electron chi connectivity index (χ2n) is 4.47. The average molecular weight is 266 g/mol. The van der Waals surface area contributed by atoms with Gasteiger partial charge in [-0.1, -0.05) is 6.92 Å². The first kappa shape index (κ1) is 13.9. The number of ether oxygens (including phenoxy) is 1. The number of amides is 1. The molecule has 1 aromatic heterocycles. The first-order valence-corrected chi connectivity index (χ1v) is 6.70. The lowest BCUT2D eigenvalue weighted by Crippen LogP contribution is -2.41. The van der Waals surface area contributed by atoms with Crippen LogP contribution in [-0.2, 0) is 11.2 Å². The largest absolute Gasteiger partial charge is 0.379 e. The highest BCUT2D eigenvalue weighted by atomic mass is 16.5. The van der Waals surface area contributed by atoms with Crippen LogP contribution < -0.4 is 5.32 Å². The number of rotatable bonds is 5. The maximum Gasteiger partial charge on any atom is 0.271 e. The van der Waals surface area contributed by atoms with Crippen molar-refractivity contribution in [2.24, 2.45) is 0 Å². The maximum absolute atomic E-state index is 11.8. The highest BCUT2D eigenvalue weighted by Gasteiger charge is 2.11. The van der Waals surface area contributed by atoms with E-state index in [9.17, 15) is 4.79 Å². The summed E-state index contributed by atoms with van der Waals surface area (Å²) < 4.78 is 5.27. The number of hydrogen-bond donors (Lipinski definition) is 1. The van der Waals surface area contributed by atoms with Crippen molar-refractivity contribution < 1.29 is 11.0 Å². The molecule has 1 aliphatic heterocycles. The molecule has 1 aromatic rings. The zero-order chi connectivity index (χ0) is 13.5. The molecular formula is C13H22N4O2. The zero-order valence-electron chi connectivity index (χ0n) is 11.3. The van der Waals surface area contributed by atoms with Crippen LogP contribution >= 0.6 is 0 Å². The summed E-state index contributed by atoms with van der Waals surface area (Å²) in [5.74, 6) is -0.164. The summed E-state index contributed by atoms with van der Waals surface area (Å²) in [4.78, 5) is 14.1. The molecule has 2 rings (SSSR count). The molecule has 1 aliphatic rings. The minimum absolute atomic E-state index is 0. The van der Waals surface area contributed by atoms with Crippen molar-refractivity contribution in [2.75, 3.05) is 39.4 Å². The molecule has 0 bridgehead atoms. The molecule has 0 saturated carbocycles. The number of aromatic nitrogens is 2. The van der Waals surface area contributed by atoms with Crippen LogP contribution in [0.1, 0.15) is 24.5 Å². The van der Waals surface area contributed by atoms with Crippen molar-refractivity contribution in [3.05, 3.63) is 23.5 Å². The van der Waals surface area contributed by atoms with E-state index in [-0.39, 0.29) is 7.33 Å². The highest BCUT2D eigenvalue weighted by molar-refractivity contribution is 5.91. The molecule has 0 unspecified atom stereocenters.